The predicted molar refractivity (Wildman–Crippen MR) is 77.0 cm³/mol. The quantitative estimate of drug-likeness (QED) is 0.834. The van der Waals surface area contributed by atoms with Gasteiger partial charge >= 0.3 is 0 Å². The van der Waals surface area contributed by atoms with Crippen LogP contribution >= 0.6 is 0 Å². The maximum atomic E-state index is 10.0. The lowest BCUT2D eigenvalue weighted by Crippen LogP contribution is -2.44. The zero-order chi connectivity index (χ0) is 14.3. The molecule has 0 saturated heterocycles. The third kappa shape index (κ3) is 2.29. The molecule has 1 saturated carbocycles. The van der Waals surface area contributed by atoms with Crippen molar-refractivity contribution in [3.63, 3.8) is 0 Å². The molecule has 0 spiro atoms. The van der Waals surface area contributed by atoms with Crippen molar-refractivity contribution in [3.05, 3.63) is 42.0 Å². The Morgan fingerprint density at radius 2 is 2.20 bits per heavy atom. The van der Waals surface area contributed by atoms with E-state index in [0.717, 1.165) is 29.9 Å². The van der Waals surface area contributed by atoms with Gasteiger partial charge in [-0.15, -0.1) is 10.2 Å². The topological polar surface area (TPSA) is 77.0 Å². The van der Waals surface area contributed by atoms with Crippen molar-refractivity contribution in [2.24, 2.45) is 13.0 Å². The van der Waals surface area contributed by atoms with Crippen LogP contribution in [0.5, 0.6) is 0 Å². The number of hydrogen-bond acceptors (Lipinski definition) is 4. The van der Waals surface area contributed by atoms with Crippen molar-refractivity contribution in [2.75, 3.05) is 5.73 Å². The molecule has 1 fully saturated rings. The van der Waals surface area contributed by atoms with Crippen LogP contribution in [-0.4, -0.2) is 25.5 Å². The van der Waals surface area contributed by atoms with Crippen molar-refractivity contribution >= 4 is 5.69 Å². The Morgan fingerprint density at radius 1 is 1.45 bits per heavy atom. The molecule has 1 aromatic carbocycles. The first-order chi connectivity index (χ1) is 9.46. The second-order valence-corrected chi connectivity index (χ2v) is 6.11. The van der Waals surface area contributed by atoms with E-state index in [1.807, 2.05) is 36.7 Å². The Balaban J connectivity index is 1.99. The maximum absolute atomic E-state index is 10.0. The molecule has 0 amide bonds. The number of nitrogens with zero attached hydrogens (tertiary/aromatic N) is 3. The highest BCUT2D eigenvalue weighted by molar-refractivity contribution is 5.43. The molecule has 5 nitrogen and oxygen atoms in total. The lowest BCUT2D eigenvalue weighted by atomic mass is 9.64. The number of nitrogen functional groups attached to an aromatic ring is 1. The standard InChI is InChI=1S/C15H20N4O/c1-15(20)7-11(8-15)13(14-18-17-9-19(14)2)10-4-3-5-12(16)6-10/h3-6,9,11,13,20H,7-8,16H2,1-2H3. The van der Waals surface area contributed by atoms with Crippen LogP contribution in [0.1, 0.15) is 37.1 Å². The van der Waals surface area contributed by atoms with Gasteiger partial charge < -0.3 is 15.4 Å². The van der Waals surface area contributed by atoms with Crippen LogP contribution in [0, 0.1) is 5.92 Å². The average molecular weight is 272 g/mol. The zero-order valence-corrected chi connectivity index (χ0v) is 11.8. The first kappa shape index (κ1) is 13.1. The van der Waals surface area contributed by atoms with E-state index in [9.17, 15) is 5.11 Å². The third-order valence-electron chi connectivity index (χ3n) is 4.17. The van der Waals surface area contributed by atoms with E-state index in [2.05, 4.69) is 16.3 Å². The number of hydrogen-bond donors (Lipinski definition) is 2. The van der Waals surface area contributed by atoms with Gasteiger partial charge in [0.25, 0.3) is 0 Å². The van der Waals surface area contributed by atoms with Crippen LogP contribution in [0.15, 0.2) is 30.6 Å². The molecular formula is C15H20N4O. The molecule has 1 aromatic heterocycles. The molecule has 1 atom stereocenters. The fourth-order valence-electron chi connectivity index (χ4n) is 3.26. The van der Waals surface area contributed by atoms with E-state index in [0.29, 0.717) is 5.92 Å². The highest BCUT2D eigenvalue weighted by Gasteiger charge is 2.44. The molecule has 106 valence electrons. The summed E-state index contributed by atoms with van der Waals surface area (Å²) in [6.07, 6.45) is 3.27. The second-order valence-electron chi connectivity index (χ2n) is 6.11. The van der Waals surface area contributed by atoms with Gasteiger partial charge in [-0.3, -0.25) is 0 Å². The lowest BCUT2D eigenvalue weighted by molar-refractivity contribution is -0.0626. The Bertz CT molecular complexity index is 612. The summed E-state index contributed by atoms with van der Waals surface area (Å²) in [5.74, 6) is 1.43. The van der Waals surface area contributed by atoms with Crippen LogP contribution in [0.4, 0.5) is 5.69 Å². The fraction of sp³-hybridized carbons (Fsp3) is 0.467. The fourth-order valence-corrected chi connectivity index (χ4v) is 3.26. The van der Waals surface area contributed by atoms with Crippen molar-refractivity contribution < 1.29 is 5.11 Å². The molecule has 5 heteroatoms. The van der Waals surface area contributed by atoms with Gasteiger partial charge in [0, 0.05) is 18.7 Å². The molecular weight excluding hydrogens is 252 g/mol. The van der Waals surface area contributed by atoms with Gasteiger partial charge in [-0.2, -0.15) is 0 Å². The zero-order valence-electron chi connectivity index (χ0n) is 11.8. The minimum atomic E-state index is -0.554. The minimum Gasteiger partial charge on any atom is -0.399 e. The molecule has 1 aliphatic carbocycles. The summed E-state index contributed by atoms with van der Waals surface area (Å²) in [4.78, 5) is 0. The summed E-state index contributed by atoms with van der Waals surface area (Å²) in [7, 11) is 1.95. The van der Waals surface area contributed by atoms with E-state index in [-0.39, 0.29) is 5.92 Å². The highest BCUT2D eigenvalue weighted by Crippen LogP contribution is 2.48. The summed E-state index contributed by atoms with van der Waals surface area (Å²) in [6.45, 7) is 1.89. The molecule has 3 rings (SSSR count). The van der Waals surface area contributed by atoms with Crippen molar-refractivity contribution in [1.82, 2.24) is 14.8 Å². The largest absolute Gasteiger partial charge is 0.399 e. The number of aliphatic hydroxyl groups is 1. The second kappa shape index (κ2) is 4.59. The van der Waals surface area contributed by atoms with Crippen molar-refractivity contribution in [2.45, 2.75) is 31.3 Å². The average Bonchev–Trinajstić information content (AvgIpc) is 2.74. The lowest BCUT2D eigenvalue weighted by Gasteiger charge is -2.44. The number of anilines is 1. The molecule has 20 heavy (non-hydrogen) atoms. The molecule has 2 aromatic rings. The molecule has 0 bridgehead atoms. The smallest absolute Gasteiger partial charge is 0.140 e. The normalized spacial score (nSPS) is 27.1. The first-order valence-corrected chi connectivity index (χ1v) is 6.88. The Labute approximate surface area is 118 Å². The molecule has 3 N–H and O–H groups in total. The van der Waals surface area contributed by atoms with Crippen molar-refractivity contribution in [3.8, 4) is 0 Å². The Morgan fingerprint density at radius 3 is 2.75 bits per heavy atom. The molecule has 0 radical (unpaired) electrons. The number of aryl methyl sites for hydroxylation is 1. The van der Waals surface area contributed by atoms with Gasteiger partial charge in [0.1, 0.15) is 12.2 Å². The highest BCUT2D eigenvalue weighted by atomic mass is 16.3. The van der Waals surface area contributed by atoms with Crippen LogP contribution < -0.4 is 5.73 Å². The van der Waals surface area contributed by atoms with Gasteiger partial charge in [-0.05, 0) is 43.4 Å². The summed E-state index contributed by atoms with van der Waals surface area (Å²) in [5.41, 5.74) is 7.25. The van der Waals surface area contributed by atoms with Gasteiger partial charge in [0.15, 0.2) is 0 Å². The number of rotatable bonds is 3. The summed E-state index contributed by atoms with van der Waals surface area (Å²) in [5, 5.41) is 18.3. The molecule has 1 unspecified atom stereocenters. The van der Waals surface area contributed by atoms with E-state index in [4.69, 9.17) is 5.73 Å². The van der Waals surface area contributed by atoms with Gasteiger partial charge in [-0.1, -0.05) is 12.1 Å². The summed E-state index contributed by atoms with van der Waals surface area (Å²) >= 11 is 0. The van der Waals surface area contributed by atoms with Crippen LogP contribution in [0.25, 0.3) is 0 Å². The monoisotopic (exact) mass is 272 g/mol. The van der Waals surface area contributed by atoms with E-state index >= 15 is 0 Å². The van der Waals surface area contributed by atoms with Crippen molar-refractivity contribution in [1.29, 1.82) is 0 Å². The predicted octanol–water partition coefficient (Wildman–Crippen LogP) is 1.69. The molecule has 1 aliphatic rings. The van der Waals surface area contributed by atoms with E-state index in [1.165, 1.54) is 0 Å². The van der Waals surface area contributed by atoms with Gasteiger partial charge in [0.05, 0.1) is 5.60 Å². The summed E-state index contributed by atoms with van der Waals surface area (Å²) in [6, 6.07) is 7.91. The number of nitrogens with two attached hydrogens (primary N) is 1. The molecule has 1 heterocycles. The minimum absolute atomic E-state index is 0.131. The summed E-state index contributed by atoms with van der Waals surface area (Å²) < 4.78 is 1.95. The van der Waals surface area contributed by atoms with Crippen LogP contribution in [0.2, 0.25) is 0 Å². The van der Waals surface area contributed by atoms with Crippen LogP contribution in [-0.2, 0) is 7.05 Å². The third-order valence-corrected chi connectivity index (χ3v) is 4.17. The Hall–Kier alpha value is -1.88. The first-order valence-electron chi connectivity index (χ1n) is 6.88. The van der Waals surface area contributed by atoms with Gasteiger partial charge in [0.2, 0.25) is 0 Å². The maximum Gasteiger partial charge on any atom is 0.140 e. The van der Waals surface area contributed by atoms with E-state index in [1.54, 1.807) is 6.33 Å². The van der Waals surface area contributed by atoms with Crippen LogP contribution in [0.3, 0.4) is 0 Å². The number of benzene rings is 1. The molecule has 0 aliphatic heterocycles. The SMILES string of the molecule is Cn1cnnc1C(c1cccc(N)c1)C1CC(C)(O)C1. The van der Waals surface area contributed by atoms with E-state index < -0.39 is 5.60 Å². The number of aromatic nitrogens is 3. The van der Waals surface area contributed by atoms with Gasteiger partial charge in [-0.25, -0.2) is 0 Å². The Kier molecular flexibility index (Phi) is 3.01.